The second-order valence-corrected chi connectivity index (χ2v) is 7.02. The van der Waals surface area contributed by atoms with Crippen LogP contribution in [-0.2, 0) is 16.0 Å². The first kappa shape index (κ1) is 20.1. The molecular formula is C22H24N4O4. The van der Waals surface area contributed by atoms with Gasteiger partial charge in [0, 0.05) is 19.6 Å². The molecule has 2 aromatic carbocycles. The van der Waals surface area contributed by atoms with Gasteiger partial charge in [-0.2, -0.15) is 5.10 Å². The number of hydrogen-bond donors (Lipinski definition) is 0. The van der Waals surface area contributed by atoms with E-state index in [0.717, 1.165) is 30.1 Å². The van der Waals surface area contributed by atoms with Crippen molar-refractivity contribution < 1.29 is 19.0 Å². The van der Waals surface area contributed by atoms with Crippen LogP contribution in [0.2, 0.25) is 0 Å². The van der Waals surface area contributed by atoms with Crippen molar-refractivity contribution in [1.29, 1.82) is 0 Å². The number of carbonyl (C=O) groups excluding carboxylic acids is 1. The lowest BCUT2D eigenvalue weighted by atomic mass is 10.1. The zero-order valence-electron chi connectivity index (χ0n) is 16.8. The molecule has 4 rings (SSSR count). The lowest BCUT2D eigenvalue weighted by Gasteiger charge is -2.33. The van der Waals surface area contributed by atoms with Crippen LogP contribution in [0.4, 0.5) is 0 Å². The molecule has 0 saturated carbocycles. The molecule has 0 bridgehead atoms. The van der Waals surface area contributed by atoms with Gasteiger partial charge in [0.1, 0.15) is 31.1 Å². The second kappa shape index (κ2) is 9.51. The first-order valence-corrected chi connectivity index (χ1v) is 9.81. The van der Waals surface area contributed by atoms with Gasteiger partial charge in [-0.25, -0.2) is 14.5 Å². The number of nitrogens with zero attached hydrogens (tertiary/aromatic N) is 4. The standard InChI is InChI=1S/C22H24N4O4/c1-28-22(27)21-5-3-2-4-17(21)12-25-10-11-29-20(13-25)14-30-19-8-6-18(7-9-19)26-16-23-15-24-26/h2-9,15-16,20H,10-14H2,1H3. The van der Waals surface area contributed by atoms with E-state index in [4.69, 9.17) is 14.2 Å². The molecule has 1 saturated heterocycles. The molecule has 156 valence electrons. The van der Waals surface area contributed by atoms with Gasteiger partial charge in [-0.1, -0.05) is 18.2 Å². The van der Waals surface area contributed by atoms with E-state index in [1.165, 1.54) is 13.4 Å². The van der Waals surface area contributed by atoms with Crippen molar-refractivity contribution in [2.75, 3.05) is 33.4 Å². The maximum Gasteiger partial charge on any atom is 0.338 e. The summed E-state index contributed by atoms with van der Waals surface area (Å²) in [6, 6.07) is 15.2. The van der Waals surface area contributed by atoms with E-state index in [1.807, 2.05) is 42.5 Å². The van der Waals surface area contributed by atoms with Gasteiger partial charge in [-0.3, -0.25) is 4.90 Å². The van der Waals surface area contributed by atoms with Crippen molar-refractivity contribution in [2.24, 2.45) is 0 Å². The van der Waals surface area contributed by atoms with Gasteiger partial charge in [-0.15, -0.1) is 0 Å². The molecule has 1 aromatic heterocycles. The molecule has 0 radical (unpaired) electrons. The molecule has 1 aliphatic rings. The Bertz CT molecular complexity index is 960. The minimum atomic E-state index is -0.312. The third-order valence-electron chi connectivity index (χ3n) is 5.00. The quantitative estimate of drug-likeness (QED) is 0.555. The van der Waals surface area contributed by atoms with Gasteiger partial charge in [0.05, 0.1) is 25.0 Å². The summed E-state index contributed by atoms with van der Waals surface area (Å²) in [4.78, 5) is 18.2. The Kier molecular flexibility index (Phi) is 6.36. The first-order valence-electron chi connectivity index (χ1n) is 9.81. The smallest absolute Gasteiger partial charge is 0.338 e. The van der Waals surface area contributed by atoms with Gasteiger partial charge in [0.2, 0.25) is 0 Å². The van der Waals surface area contributed by atoms with Crippen LogP contribution in [0.15, 0.2) is 61.2 Å². The maximum atomic E-state index is 12.0. The van der Waals surface area contributed by atoms with E-state index in [9.17, 15) is 4.79 Å². The molecule has 0 N–H and O–H groups in total. The largest absolute Gasteiger partial charge is 0.491 e. The zero-order chi connectivity index (χ0) is 20.8. The maximum absolute atomic E-state index is 12.0. The number of esters is 1. The molecule has 1 fully saturated rings. The van der Waals surface area contributed by atoms with E-state index < -0.39 is 0 Å². The van der Waals surface area contributed by atoms with E-state index in [-0.39, 0.29) is 12.1 Å². The van der Waals surface area contributed by atoms with Crippen molar-refractivity contribution in [3.05, 3.63) is 72.3 Å². The minimum Gasteiger partial charge on any atom is -0.491 e. The summed E-state index contributed by atoms with van der Waals surface area (Å²) in [6.45, 7) is 3.28. The van der Waals surface area contributed by atoms with Crippen molar-refractivity contribution in [2.45, 2.75) is 12.6 Å². The normalized spacial score (nSPS) is 16.9. The van der Waals surface area contributed by atoms with Crippen molar-refractivity contribution >= 4 is 5.97 Å². The summed E-state index contributed by atoms with van der Waals surface area (Å²) in [5, 5.41) is 4.11. The predicted molar refractivity (Wildman–Crippen MR) is 110 cm³/mol. The van der Waals surface area contributed by atoms with Crippen LogP contribution in [0.3, 0.4) is 0 Å². The van der Waals surface area contributed by atoms with Crippen LogP contribution < -0.4 is 4.74 Å². The number of carbonyl (C=O) groups is 1. The van der Waals surface area contributed by atoms with Crippen LogP contribution in [0, 0.1) is 0 Å². The summed E-state index contributed by atoms with van der Waals surface area (Å²) in [5.41, 5.74) is 2.48. The highest BCUT2D eigenvalue weighted by molar-refractivity contribution is 5.90. The molecule has 3 aromatic rings. The molecule has 0 spiro atoms. The average molecular weight is 408 g/mol. The summed E-state index contributed by atoms with van der Waals surface area (Å²) in [6.07, 6.45) is 3.11. The van der Waals surface area contributed by atoms with Gasteiger partial charge in [-0.05, 0) is 35.9 Å². The first-order chi connectivity index (χ1) is 14.7. The van der Waals surface area contributed by atoms with E-state index in [2.05, 4.69) is 15.0 Å². The lowest BCUT2D eigenvalue weighted by molar-refractivity contribution is -0.0504. The van der Waals surface area contributed by atoms with Gasteiger partial charge in [0.25, 0.3) is 0 Å². The van der Waals surface area contributed by atoms with Gasteiger partial charge >= 0.3 is 5.97 Å². The average Bonchev–Trinajstić information content (AvgIpc) is 3.33. The monoisotopic (exact) mass is 408 g/mol. The molecule has 8 heteroatoms. The van der Waals surface area contributed by atoms with E-state index in [0.29, 0.717) is 25.3 Å². The van der Waals surface area contributed by atoms with Crippen molar-refractivity contribution in [3.8, 4) is 11.4 Å². The molecule has 0 amide bonds. The number of ether oxygens (including phenoxy) is 3. The Morgan fingerprint density at radius 3 is 2.80 bits per heavy atom. The number of rotatable bonds is 7. The van der Waals surface area contributed by atoms with E-state index >= 15 is 0 Å². The van der Waals surface area contributed by atoms with Crippen LogP contribution in [0.25, 0.3) is 5.69 Å². The highest BCUT2D eigenvalue weighted by Crippen LogP contribution is 2.18. The third kappa shape index (κ3) is 4.84. The Labute approximate surface area is 175 Å². The number of benzene rings is 2. The Hall–Kier alpha value is -3.23. The number of hydrogen-bond acceptors (Lipinski definition) is 7. The molecular weight excluding hydrogens is 384 g/mol. The summed E-state index contributed by atoms with van der Waals surface area (Å²) >= 11 is 0. The fourth-order valence-electron chi connectivity index (χ4n) is 3.46. The number of aromatic nitrogens is 3. The highest BCUT2D eigenvalue weighted by Gasteiger charge is 2.23. The van der Waals surface area contributed by atoms with Crippen molar-refractivity contribution in [3.63, 3.8) is 0 Å². The summed E-state index contributed by atoms with van der Waals surface area (Å²) in [5.74, 6) is 0.462. The van der Waals surface area contributed by atoms with Crippen LogP contribution in [0.1, 0.15) is 15.9 Å². The molecule has 0 aliphatic carbocycles. The Morgan fingerprint density at radius 1 is 1.20 bits per heavy atom. The topological polar surface area (TPSA) is 78.7 Å². The molecule has 2 heterocycles. The Morgan fingerprint density at radius 2 is 2.03 bits per heavy atom. The fraction of sp³-hybridized carbons (Fsp3) is 0.318. The number of morpholine rings is 1. The molecule has 8 nitrogen and oxygen atoms in total. The van der Waals surface area contributed by atoms with Crippen molar-refractivity contribution in [1.82, 2.24) is 19.7 Å². The zero-order valence-corrected chi connectivity index (χ0v) is 16.8. The third-order valence-corrected chi connectivity index (χ3v) is 5.00. The number of methoxy groups -OCH3 is 1. The lowest BCUT2D eigenvalue weighted by Crippen LogP contribution is -2.44. The minimum absolute atomic E-state index is 0.0426. The molecule has 1 unspecified atom stereocenters. The second-order valence-electron chi connectivity index (χ2n) is 7.02. The molecule has 1 atom stereocenters. The fourth-order valence-corrected chi connectivity index (χ4v) is 3.46. The van der Waals surface area contributed by atoms with Crippen LogP contribution >= 0.6 is 0 Å². The van der Waals surface area contributed by atoms with Gasteiger partial charge in [0.15, 0.2) is 0 Å². The Balaban J connectivity index is 1.32. The van der Waals surface area contributed by atoms with Crippen LogP contribution in [-0.4, -0.2) is 65.2 Å². The summed E-state index contributed by atoms with van der Waals surface area (Å²) in [7, 11) is 1.40. The predicted octanol–water partition coefficient (Wildman–Crippen LogP) is 2.33. The van der Waals surface area contributed by atoms with Gasteiger partial charge < -0.3 is 14.2 Å². The SMILES string of the molecule is COC(=O)c1ccccc1CN1CCOC(COc2ccc(-n3cncn3)cc2)C1. The summed E-state index contributed by atoms with van der Waals surface area (Å²) < 4.78 is 18.4. The molecule has 1 aliphatic heterocycles. The van der Waals surface area contributed by atoms with E-state index in [1.54, 1.807) is 17.1 Å². The highest BCUT2D eigenvalue weighted by atomic mass is 16.5. The molecule has 30 heavy (non-hydrogen) atoms. The van der Waals surface area contributed by atoms with Crippen LogP contribution in [0.5, 0.6) is 5.75 Å².